The summed E-state index contributed by atoms with van der Waals surface area (Å²) in [5.41, 5.74) is 4.04. The number of aryl methyl sites for hydroxylation is 1. The Morgan fingerprint density at radius 1 is 1.17 bits per heavy atom. The fraction of sp³-hybridized carbons (Fsp3) is 0.211. The molecule has 2 N–H and O–H groups in total. The van der Waals surface area contributed by atoms with E-state index in [9.17, 15) is 9.18 Å². The molecule has 0 bridgehead atoms. The average molecular weight is 310 g/mol. The number of carbonyl (C=O) groups excluding carboxylic acids is 1. The third-order valence-corrected chi connectivity index (χ3v) is 4.06. The van der Waals surface area contributed by atoms with Crippen LogP contribution in [0, 0.1) is 12.7 Å². The van der Waals surface area contributed by atoms with Crippen molar-refractivity contribution in [1.82, 2.24) is 10.3 Å². The van der Waals surface area contributed by atoms with Gasteiger partial charge < -0.3 is 10.3 Å². The SMILES string of the molecule is Cc1ccccc1CC(=O)NCCc1c[nH]c2cc(F)ccc12. The molecular formula is C19H19FN2O. The summed E-state index contributed by atoms with van der Waals surface area (Å²) in [6.45, 7) is 2.57. The van der Waals surface area contributed by atoms with Crippen molar-refractivity contribution >= 4 is 16.8 Å². The predicted molar refractivity (Wildman–Crippen MR) is 89.9 cm³/mol. The van der Waals surface area contributed by atoms with Gasteiger partial charge >= 0.3 is 0 Å². The van der Waals surface area contributed by atoms with E-state index in [-0.39, 0.29) is 11.7 Å². The van der Waals surface area contributed by atoms with Gasteiger partial charge in [-0.05, 0) is 48.2 Å². The zero-order valence-electron chi connectivity index (χ0n) is 13.0. The van der Waals surface area contributed by atoms with E-state index in [0.29, 0.717) is 19.4 Å². The number of carbonyl (C=O) groups is 1. The van der Waals surface area contributed by atoms with Crippen LogP contribution in [-0.4, -0.2) is 17.4 Å². The number of nitrogens with one attached hydrogen (secondary N) is 2. The first-order chi connectivity index (χ1) is 11.1. The number of H-pyrrole nitrogens is 1. The molecule has 0 unspecified atom stereocenters. The lowest BCUT2D eigenvalue weighted by molar-refractivity contribution is -0.120. The largest absolute Gasteiger partial charge is 0.361 e. The molecule has 0 atom stereocenters. The summed E-state index contributed by atoms with van der Waals surface area (Å²) in [5.74, 6) is -0.234. The minimum absolute atomic E-state index is 0.0187. The van der Waals surface area contributed by atoms with Crippen LogP contribution in [-0.2, 0) is 17.6 Å². The van der Waals surface area contributed by atoms with Crippen molar-refractivity contribution in [2.24, 2.45) is 0 Å². The molecule has 0 saturated carbocycles. The van der Waals surface area contributed by atoms with Gasteiger partial charge in [-0.25, -0.2) is 4.39 Å². The Labute approximate surface area is 134 Å². The van der Waals surface area contributed by atoms with Gasteiger partial charge in [0, 0.05) is 23.6 Å². The van der Waals surface area contributed by atoms with E-state index in [4.69, 9.17) is 0 Å². The lowest BCUT2D eigenvalue weighted by Crippen LogP contribution is -2.27. The van der Waals surface area contributed by atoms with E-state index in [1.807, 2.05) is 37.4 Å². The van der Waals surface area contributed by atoms with Gasteiger partial charge in [-0.1, -0.05) is 24.3 Å². The maximum atomic E-state index is 13.2. The topological polar surface area (TPSA) is 44.9 Å². The van der Waals surface area contributed by atoms with Crippen molar-refractivity contribution in [1.29, 1.82) is 0 Å². The normalized spacial score (nSPS) is 10.9. The maximum absolute atomic E-state index is 13.2. The highest BCUT2D eigenvalue weighted by atomic mass is 19.1. The Hall–Kier alpha value is -2.62. The molecule has 2 aromatic carbocycles. The Morgan fingerprint density at radius 3 is 2.83 bits per heavy atom. The summed E-state index contributed by atoms with van der Waals surface area (Å²) < 4.78 is 13.2. The van der Waals surface area contributed by atoms with Crippen LogP contribution in [0.4, 0.5) is 4.39 Å². The molecule has 0 spiro atoms. The van der Waals surface area contributed by atoms with E-state index in [1.54, 1.807) is 6.07 Å². The van der Waals surface area contributed by atoms with Gasteiger partial charge in [0.15, 0.2) is 0 Å². The Bertz CT molecular complexity index is 838. The zero-order valence-corrected chi connectivity index (χ0v) is 13.0. The van der Waals surface area contributed by atoms with Gasteiger partial charge in [-0.15, -0.1) is 0 Å². The lowest BCUT2D eigenvalue weighted by atomic mass is 10.1. The van der Waals surface area contributed by atoms with Crippen LogP contribution in [0.2, 0.25) is 0 Å². The van der Waals surface area contributed by atoms with E-state index < -0.39 is 0 Å². The first-order valence-electron chi connectivity index (χ1n) is 7.70. The average Bonchev–Trinajstić information content (AvgIpc) is 2.92. The molecule has 1 heterocycles. The molecule has 3 nitrogen and oxygen atoms in total. The molecule has 4 heteroatoms. The van der Waals surface area contributed by atoms with Crippen LogP contribution in [0.25, 0.3) is 10.9 Å². The van der Waals surface area contributed by atoms with Gasteiger partial charge in [0.05, 0.1) is 6.42 Å². The first-order valence-corrected chi connectivity index (χ1v) is 7.70. The minimum Gasteiger partial charge on any atom is -0.361 e. The van der Waals surface area contributed by atoms with E-state index in [0.717, 1.165) is 27.6 Å². The Balaban J connectivity index is 1.56. The number of halogens is 1. The number of benzene rings is 2. The summed E-state index contributed by atoms with van der Waals surface area (Å²) in [4.78, 5) is 15.1. The molecule has 1 aromatic heterocycles. The highest BCUT2D eigenvalue weighted by Crippen LogP contribution is 2.19. The van der Waals surface area contributed by atoms with Crippen molar-refractivity contribution in [3.05, 3.63) is 71.2 Å². The number of amides is 1. The Morgan fingerprint density at radius 2 is 2.00 bits per heavy atom. The van der Waals surface area contributed by atoms with E-state index >= 15 is 0 Å². The number of fused-ring (bicyclic) bond motifs is 1. The highest BCUT2D eigenvalue weighted by molar-refractivity contribution is 5.83. The fourth-order valence-electron chi connectivity index (χ4n) is 2.75. The molecule has 23 heavy (non-hydrogen) atoms. The third kappa shape index (κ3) is 3.59. The summed E-state index contributed by atoms with van der Waals surface area (Å²) >= 11 is 0. The number of hydrogen-bond donors (Lipinski definition) is 2. The smallest absolute Gasteiger partial charge is 0.224 e. The molecule has 0 aliphatic rings. The molecule has 0 aliphatic carbocycles. The van der Waals surface area contributed by atoms with Crippen molar-refractivity contribution in [3.63, 3.8) is 0 Å². The second-order valence-corrected chi connectivity index (χ2v) is 5.71. The molecule has 118 valence electrons. The molecule has 0 radical (unpaired) electrons. The maximum Gasteiger partial charge on any atom is 0.224 e. The van der Waals surface area contributed by atoms with Crippen molar-refractivity contribution in [2.45, 2.75) is 19.8 Å². The van der Waals surface area contributed by atoms with Crippen LogP contribution in [0.1, 0.15) is 16.7 Å². The third-order valence-electron chi connectivity index (χ3n) is 4.06. The molecular weight excluding hydrogens is 291 g/mol. The standard InChI is InChI=1S/C19H19FN2O/c1-13-4-2-3-5-14(13)10-19(23)21-9-8-15-12-22-18-11-16(20)6-7-17(15)18/h2-7,11-12,22H,8-10H2,1H3,(H,21,23). The van der Waals surface area contributed by atoms with Gasteiger partial charge in [-0.2, -0.15) is 0 Å². The van der Waals surface area contributed by atoms with Gasteiger partial charge in [0.1, 0.15) is 5.82 Å². The number of aromatic amines is 1. The van der Waals surface area contributed by atoms with Crippen LogP contribution in [0.15, 0.2) is 48.7 Å². The highest BCUT2D eigenvalue weighted by Gasteiger charge is 2.07. The molecule has 1 amide bonds. The number of aromatic nitrogens is 1. The van der Waals surface area contributed by atoms with Crippen LogP contribution < -0.4 is 5.32 Å². The second-order valence-electron chi connectivity index (χ2n) is 5.71. The van der Waals surface area contributed by atoms with E-state index in [2.05, 4.69) is 10.3 Å². The monoisotopic (exact) mass is 310 g/mol. The summed E-state index contributed by atoms with van der Waals surface area (Å²) in [6.07, 6.45) is 2.98. The predicted octanol–water partition coefficient (Wildman–Crippen LogP) is 3.52. The number of hydrogen-bond acceptors (Lipinski definition) is 1. The Kier molecular flexibility index (Phi) is 4.42. The molecule has 0 saturated heterocycles. The van der Waals surface area contributed by atoms with Crippen LogP contribution >= 0.6 is 0 Å². The molecule has 3 aromatic rings. The summed E-state index contributed by atoms with van der Waals surface area (Å²) in [6, 6.07) is 12.6. The van der Waals surface area contributed by atoms with Gasteiger partial charge in [-0.3, -0.25) is 4.79 Å². The van der Waals surface area contributed by atoms with E-state index in [1.165, 1.54) is 12.1 Å². The summed E-state index contributed by atoms with van der Waals surface area (Å²) in [7, 11) is 0. The quantitative estimate of drug-likeness (QED) is 0.744. The molecule has 3 rings (SSSR count). The fourth-order valence-corrected chi connectivity index (χ4v) is 2.75. The van der Waals surface area contributed by atoms with Gasteiger partial charge in [0.25, 0.3) is 0 Å². The van der Waals surface area contributed by atoms with Crippen LogP contribution in [0.3, 0.4) is 0 Å². The number of rotatable bonds is 5. The van der Waals surface area contributed by atoms with Crippen molar-refractivity contribution < 1.29 is 9.18 Å². The van der Waals surface area contributed by atoms with Crippen molar-refractivity contribution in [3.8, 4) is 0 Å². The summed E-state index contributed by atoms with van der Waals surface area (Å²) in [5, 5.41) is 3.95. The van der Waals surface area contributed by atoms with Gasteiger partial charge in [0.2, 0.25) is 5.91 Å². The van der Waals surface area contributed by atoms with Crippen molar-refractivity contribution in [2.75, 3.05) is 6.54 Å². The van der Waals surface area contributed by atoms with Crippen LogP contribution in [0.5, 0.6) is 0 Å². The second kappa shape index (κ2) is 6.65. The lowest BCUT2D eigenvalue weighted by Gasteiger charge is -2.07. The molecule has 0 aliphatic heterocycles. The zero-order chi connectivity index (χ0) is 16.2. The minimum atomic E-state index is -0.252. The first kappa shape index (κ1) is 15.3. The molecule has 0 fully saturated rings.